The molecule has 0 saturated heterocycles. The van der Waals surface area contributed by atoms with Crippen LogP contribution in [0.15, 0.2) is 69.8 Å². The second-order valence-corrected chi connectivity index (χ2v) is 8.95. The summed E-state index contributed by atoms with van der Waals surface area (Å²) in [4.78, 5) is 51.0. The highest BCUT2D eigenvalue weighted by atomic mass is 16.6. The van der Waals surface area contributed by atoms with Crippen LogP contribution < -0.4 is 11.4 Å². The number of hydrogen-bond donors (Lipinski definition) is 0. The zero-order valence-electron chi connectivity index (χ0n) is 17.5. The minimum Gasteiger partial charge on any atom is -0.294 e. The second-order valence-electron chi connectivity index (χ2n) is 8.95. The number of carbonyl (C=O) groups is 1. The van der Waals surface area contributed by atoms with Crippen LogP contribution in [0.2, 0.25) is 0 Å². The molecule has 0 amide bonds. The molecule has 5 rings (SSSR count). The Bertz CT molecular complexity index is 1440. The number of Topliss-reactive ketones (excluding diaryl/α,β-unsaturated/α-hetero) is 1. The molecule has 9 heteroatoms. The largest absolute Gasteiger partial charge is 0.356 e. The van der Waals surface area contributed by atoms with E-state index in [2.05, 4.69) is 0 Å². The molecule has 9 nitrogen and oxygen atoms in total. The maximum absolute atomic E-state index is 13.5. The first-order valence-corrected chi connectivity index (χ1v) is 10.2. The lowest BCUT2D eigenvalue weighted by Gasteiger charge is -2.30. The van der Waals surface area contributed by atoms with Gasteiger partial charge in [-0.25, -0.2) is 23.5 Å². The van der Waals surface area contributed by atoms with Crippen LogP contribution in [0.4, 0.5) is 5.69 Å². The molecule has 0 radical (unpaired) electrons. The van der Waals surface area contributed by atoms with Crippen molar-refractivity contribution in [3.63, 3.8) is 0 Å². The number of benzene rings is 2. The smallest absolute Gasteiger partial charge is 0.294 e. The zero-order chi connectivity index (χ0) is 22.8. The summed E-state index contributed by atoms with van der Waals surface area (Å²) in [5.74, 6) is -0.158. The molecule has 1 atom stereocenters. The van der Waals surface area contributed by atoms with Crippen LogP contribution in [-0.4, -0.2) is 24.6 Å². The first-order valence-electron chi connectivity index (χ1n) is 10.2. The van der Waals surface area contributed by atoms with Gasteiger partial charge >= 0.3 is 11.4 Å². The van der Waals surface area contributed by atoms with Crippen LogP contribution in [0.25, 0.3) is 11.4 Å². The summed E-state index contributed by atoms with van der Waals surface area (Å²) in [6, 6.07) is 13.5. The zero-order valence-corrected chi connectivity index (χ0v) is 17.5. The van der Waals surface area contributed by atoms with Crippen molar-refractivity contribution in [3.05, 3.63) is 96.8 Å². The van der Waals surface area contributed by atoms with Crippen LogP contribution in [-0.2, 0) is 4.79 Å². The Morgan fingerprint density at radius 3 is 2.38 bits per heavy atom. The number of non-ortho nitro benzene ring substituents is 1. The maximum Gasteiger partial charge on any atom is 0.356 e. The molecule has 2 heterocycles. The third-order valence-corrected chi connectivity index (χ3v) is 6.06. The SMILES string of the molecule is CC1(C)CC(=O)C2=C(C1)n1c(=O)n(-c3ccccc3)c(=O)n1C2c1cccc([N+](=O)[O-])c1. The molecule has 1 aliphatic carbocycles. The molecule has 0 N–H and O–H groups in total. The summed E-state index contributed by atoms with van der Waals surface area (Å²) in [5, 5.41) is 11.4. The lowest BCUT2D eigenvalue weighted by Crippen LogP contribution is -2.33. The molecule has 32 heavy (non-hydrogen) atoms. The number of carbonyl (C=O) groups excluding carboxylic acids is 1. The van der Waals surface area contributed by atoms with E-state index >= 15 is 0 Å². The number of allylic oxidation sites excluding steroid dienone is 2. The molecule has 0 bridgehead atoms. The molecule has 1 aromatic heterocycles. The van der Waals surface area contributed by atoms with Gasteiger partial charge < -0.3 is 0 Å². The van der Waals surface area contributed by atoms with Crippen molar-refractivity contribution in [1.82, 2.24) is 13.9 Å². The highest BCUT2D eigenvalue weighted by Crippen LogP contribution is 2.46. The molecule has 0 saturated carbocycles. The Balaban J connectivity index is 1.83. The molecule has 3 aromatic rings. The standard InChI is InChI=1S/C23H20N4O5/c1-23(2)12-17-19(18(28)13-23)20(14-7-6-10-16(11-14)27(31)32)26-22(30)24(21(29)25(17)26)15-8-4-3-5-9-15/h3-11,20H,12-13H2,1-2H3. The monoisotopic (exact) mass is 432 g/mol. The van der Waals surface area contributed by atoms with E-state index in [4.69, 9.17) is 0 Å². The fourth-order valence-electron chi connectivity index (χ4n) is 4.77. The Kier molecular flexibility index (Phi) is 4.20. The molecular weight excluding hydrogens is 412 g/mol. The van der Waals surface area contributed by atoms with E-state index in [1.165, 1.54) is 27.6 Å². The van der Waals surface area contributed by atoms with Crippen LogP contribution in [0.3, 0.4) is 0 Å². The van der Waals surface area contributed by atoms with Crippen LogP contribution >= 0.6 is 0 Å². The minimum absolute atomic E-state index is 0.149. The summed E-state index contributed by atoms with van der Waals surface area (Å²) in [7, 11) is 0. The number of nitro benzene ring substituents is 1. The lowest BCUT2D eigenvalue weighted by atomic mass is 9.74. The average molecular weight is 432 g/mol. The van der Waals surface area contributed by atoms with Gasteiger partial charge in [0.25, 0.3) is 5.69 Å². The van der Waals surface area contributed by atoms with E-state index in [9.17, 15) is 24.5 Å². The van der Waals surface area contributed by atoms with Gasteiger partial charge in [0.15, 0.2) is 5.78 Å². The van der Waals surface area contributed by atoms with E-state index in [1.54, 1.807) is 36.4 Å². The normalized spacial score (nSPS) is 19.1. The Morgan fingerprint density at radius 2 is 1.69 bits per heavy atom. The highest BCUT2D eigenvalue weighted by Gasteiger charge is 2.46. The van der Waals surface area contributed by atoms with E-state index in [0.717, 1.165) is 4.57 Å². The van der Waals surface area contributed by atoms with Gasteiger partial charge in [0.05, 0.1) is 16.3 Å². The Hall–Kier alpha value is -4.01. The molecular formula is C23H20N4O5. The lowest BCUT2D eigenvalue weighted by molar-refractivity contribution is -0.384. The molecule has 2 aliphatic rings. The number of aromatic nitrogens is 3. The Labute approximate surface area is 182 Å². The van der Waals surface area contributed by atoms with Gasteiger partial charge in [0, 0.05) is 24.1 Å². The quantitative estimate of drug-likeness (QED) is 0.467. The predicted octanol–water partition coefficient (Wildman–Crippen LogP) is 2.91. The van der Waals surface area contributed by atoms with Gasteiger partial charge in [-0.3, -0.25) is 14.9 Å². The van der Waals surface area contributed by atoms with Gasteiger partial charge in [-0.05, 0) is 29.5 Å². The average Bonchev–Trinajstić information content (AvgIpc) is 3.21. The van der Waals surface area contributed by atoms with E-state index in [-0.39, 0.29) is 23.3 Å². The van der Waals surface area contributed by atoms with Gasteiger partial charge in [0.1, 0.15) is 6.04 Å². The summed E-state index contributed by atoms with van der Waals surface area (Å²) in [6.07, 6.45) is 0.696. The number of nitrogens with zero attached hydrogens (tertiary/aromatic N) is 4. The topological polar surface area (TPSA) is 109 Å². The van der Waals surface area contributed by atoms with Crippen LogP contribution in [0.1, 0.15) is 38.3 Å². The summed E-state index contributed by atoms with van der Waals surface area (Å²) >= 11 is 0. The van der Waals surface area contributed by atoms with Crippen molar-refractivity contribution in [1.29, 1.82) is 0 Å². The van der Waals surface area contributed by atoms with Crippen molar-refractivity contribution in [2.45, 2.75) is 32.7 Å². The van der Waals surface area contributed by atoms with Crippen LogP contribution in [0, 0.1) is 15.5 Å². The van der Waals surface area contributed by atoms with E-state index in [1.807, 2.05) is 13.8 Å². The number of fused-ring (bicyclic) bond motifs is 2. The molecule has 0 fully saturated rings. The first-order chi connectivity index (χ1) is 15.2. The predicted molar refractivity (Wildman–Crippen MR) is 117 cm³/mol. The molecule has 1 aliphatic heterocycles. The molecule has 162 valence electrons. The molecule has 0 spiro atoms. The Morgan fingerprint density at radius 1 is 0.969 bits per heavy atom. The number of para-hydroxylation sites is 1. The third kappa shape index (κ3) is 2.81. The summed E-state index contributed by atoms with van der Waals surface area (Å²) < 4.78 is 3.62. The fraction of sp³-hybridized carbons (Fsp3) is 0.261. The summed E-state index contributed by atoms with van der Waals surface area (Å²) in [6.45, 7) is 3.88. The summed E-state index contributed by atoms with van der Waals surface area (Å²) in [5.41, 5.74) is -0.0207. The minimum atomic E-state index is -0.904. The van der Waals surface area contributed by atoms with Gasteiger partial charge in [-0.2, -0.15) is 0 Å². The van der Waals surface area contributed by atoms with E-state index < -0.39 is 22.3 Å². The highest BCUT2D eigenvalue weighted by molar-refractivity contribution is 6.04. The number of ketones is 1. The second kappa shape index (κ2) is 6.74. The number of hydrogen-bond acceptors (Lipinski definition) is 5. The number of nitro groups is 1. The van der Waals surface area contributed by atoms with Crippen molar-refractivity contribution in [3.8, 4) is 5.69 Å². The van der Waals surface area contributed by atoms with Crippen molar-refractivity contribution < 1.29 is 9.72 Å². The van der Waals surface area contributed by atoms with Crippen molar-refractivity contribution in [2.24, 2.45) is 5.41 Å². The maximum atomic E-state index is 13.5. The molecule has 1 unspecified atom stereocenters. The van der Waals surface area contributed by atoms with Crippen molar-refractivity contribution in [2.75, 3.05) is 0 Å². The third-order valence-electron chi connectivity index (χ3n) is 6.06. The van der Waals surface area contributed by atoms with Crippen molar-refractivity contribution >= 4 is 17.2 Å². The first kappa shape index (κ1) is 19.9. The van der Waals surface area contributed by atoms with Crippen LogP contribution in [0.5, 0.6) is 0 Å². The van der Waals surface area contributed by atoms with Gasteiger partial charge in [-0.1, -0.05) is 44.2 Å². The van der Waals surface area contributed by atoms with Gasteiger partial charge in [0.2, 0.25) is 0 Å². The van der Waals surface area contributed by atoms with E-state index in [0.29, 0.717) is 28.9 Å². The molecule has 2 aromatic carbocycles. The number of rotatable bonds is 3. The van der Waals surface area contributed by atoms with Gasteiger partial charge in [-0.15, -0.1) is 0 Å². The fourth-order valence-corrected chi connectivity index (χ4v) is 4.77.